The lowest BCUT2D eigenvalue weighted by molar-refractivity contribution is -0.116. The van der Waals surface area contributed by atoms with E-state index < -0.39 is 0 Å². The molecular weight excluding hydrogens is 356 g/mol. The van der Waals surface area contributed by atoms with Gasteiger partial charge in [0.25, 0.3) is 0 Å². The number of ether oxygens (including phenoxy) is 2. The zero-order chi connectivity index (χ0) is 20.1. The molecule has 0 aliphatic rings. The number of amides is 1. The number of aromatic nitrogens is 3. The van der Waals surface area contributed by atoms with Gasteiger partial charge in [-0.15, -0.1) is 0 Å². The molecule has 1 amide bonds. The lowest BCUT2D eigenvalue weighted by atomic mass is 10.1. The van der Waals surface area contributed by atoms with E-state index in [2.05, 4.69) is 15.4 Å². The second kappa shape index (κ2) is 8.56. The van der Waals surface area contributed by atoms with Crippen LogP contribution in [0.3, 0.4) is 0 Å². The van der Waals surface area contributed by atoms with E-state index in [1.807, 2.05) is 50.2 Å². The van der Waals surface area contributed by atoms with Crippen molar-refractivity contribution in [3.05, 3.63) is 59.5 Å². The van der Waals surface area contributed by atoms with E-state index in [0.717, 1.165) is 17.0 Å². The highest BCUT2D eigenvalue weighted by Gasteiger charge is 2.09. The van der Waals surface area contributed by atoms with Crippen molar-refractivity contribution in [2.45, 2.75) is 26.7 Å². The van der Waals surface area contributed by atoms with Crippen LogP contribution in [0.1, 0.15) is 23.4 Å². The average Bonchev–Trinajstić information content (AvgIpc) is 3.04. The fourth-order valence-corrected chi connectivity index (χ4v) is 2.96. The zero-order valence-corrected chi connectivity index (χ0v) is 16.5. The van der Waals surface area contributed by atoms with Crippen molar-refractivity contribution >= 4 is 11.6 Å². The third-order valence-electron chi connectivity index (χ3n) is 4.35. The fraction of sp³-hybridized carbons (Fsp3) is 0.286. The Labute approximate surface area is 164 Å². The van der Waals surface area contributed by atoms with Crippen molar-refractivity contribution in [1.29, 1.82) is 0 Å². The van der Waals surface area contributed by atoms with Gasteiger partial charge < -0.3 is 14.8 Å². The highest BCUT2D eigenvalue weighted by molar-refractivity contribution is 5.90. The van der Waals surface area contributed by atoms with Gasteiger partial charge in [-0.2, -0.15) is 5.10 Å². The Bertz CT molecular complexity index is 964. The van der Waals surface area contributed by atoms with Crippen LogP contribution in [0.4, 0.5) is 5.69 Å². The number of aryl methyl sites for hydroxylation is 3. The largest absolute Gasteiger partial charge is 0.493 e. The van der Waals surface area contributed by atoms with Crippen molar-refractivity contribution in [2.75, 3.05) is 19.5 Å². The fourth-order valence-electron chi connectivity index (χ4n) is 2.96. The summed E-state index contributed by atoms with van der Waals surface area (Å²) in [6, 6.07) is 11.3. The predicted molar refractivity (Wildman–Crippen MR) is 107 cm³/mol. The van der Waals surface area contributed by atoms with E-state index in [1.165, 1.54) is 0 Å². The Balaban J connectivity index is 1.58. The van der Waals surface area contributed by atoms with Gasteiger partial charge in [-0.05, 0) is 56.2 Å². The molecule has 3 rings (SSSR count). The minimum absolute atomic E-state index is 0.0737. The van der Waals surface area contributed by atoms with E-state index in [0.29, 0.717) is 35.8 Å². The van der Waals surface area contributed by atoms with E-state index >= 15 is 0 Å². The Kier molecular flexibility index (Phi) is 5.93. The number of rotatable bonds is 7. The molecule has 0 spiro atoms. The summed E-state index contributed by atoms with van der Waals surface area (Å²) in [6.45, 7) is 3.92. The third-order valence-corrected chi connectivity index (χ3v) is 4.35. The van der Waals surface area contributed by atoms with Gasteiger partial charge in [0, 0.05) is 12.1 Å². The van der Waals surface area contributed by atoms with Crippen LogP contribution in [0, 0.1) is 13.8 Å². The summed E-state index contributed by atoms with van der Waals surface area (Å²) >= 11 is 0. The third kappa shape index (κ3) is 4.49. The summed E-state index contributed by atoms with van der Waals surface area (Å²) in [5.41, 5.74) is 3.61. The standard InChI is InChI=1S/C21H24N4O3/c1-14-11-15(2)25(24-14)20-9-7-17(13-22-20)23-21(26)10-6-16-5-8-18(27-3)19(12-16)28-4/h5,7-9,11-13H,6,10H2,1-4H3,(H,23,26). The van der Waals surface area contributed by atoms with Crippen LogP contribution in [0.15, 0.2) is 42.6 Å². The Morgan fingerprint density at radius 3 is 2.46 bits per heavy atom. The summed E-state index contributed by atoms with van der Waals surface area (Å²) in [5.74, 6) is 1.97. The molecule has 2 aromatic heterocycles. The maximum absolute atomic E-state index is 12.3. The minimum atomic E-state index is -0.0737. The van der Waals surface area contributed by atoms with Gasteiger partial charge >= 0.3 is 0 Å². The first-order chi connectivity index (χ1) is 13.5. The molecule has 146 valence electrons. The van der Waals surface area contributed by atoms with Crippen LogP contribution in [0.5, 0.6) is 11.5 Å². The van der Waals surface area contributed by atoms with Crippen LogP contribution in [-0.2, 0) is 11.2 Å². The monoisotopic (exact) mass is 380 g/mol. The second-order valence-electron chi connectivity index (χ2n) is 6.48. The Hall–Kier alpha value is -3.35. The molecule has 0 unspecified atom stereocenters. The lowest BCUT2D eigenvalue weighted by Gasteiger charge is -2.10. The lowest BCUT2D eigenvalue weighted by Crippen LogP contribution is -2.13. The molecule has 3 aromatic rings. The first-order valence-corrected chi connectivity index (χ1v) is 9.00. The number of nitrogens with one attached hydrogen (secondary N) is 1. The second-order valence-corrected chi connectivity index (χ2v) is 6.48. The molecule has 0 radical (unpaired) electrons. The van der Waals surface area contributed by atoms with Gasteiger partial charge in [0.15, 0.2) is 17.3 Å². The van der Waals surface area contributed by atoms with Crippen LogP contribution < -0.4 is 14.8 Å². The SMILES string of the molecule is COc1ccc(CCC(=O)Nc2ccc(-n3nc(C)cc3C)nc2)cc1OC. The molecular formula is C21H24N4O3. The number of carbonyl (C=O) groups excluding carboxylic acids is 1. The molecule has 28 heavy (non-hydrogen) atoms. The first kappa shape index (κ1) is 19.4. The van der Waals surface area contributed by atoms with Gasteiger partial charge in [-0.1, -0.05) is 6.07 Å². The maximum atomic E-state index is 12.3. The topological polar surface area (TPSA) is 78.3 Å². The molecule has 0 bridgehead atoms. The normalized spacial score (nSPS) is 10.6. The van der Waals surface area contributed by atoms with Crippen molar-refractivity contribution in [3.63, 3.8) is 0 Å². The molecule has 1 aromatic carbocycles. The number of methoxy groups -OCH3 is 2. The molecule has 2 heterocycles. The maximum Gasteiger partial charge on any atom is 0.224 e. The quantitative estimate of drug-likeness (QED) is 0.679. The van der Waals surface area contributed by atoms with Gasteiger partial charge in [0.05, 0.1) is 31.8 Å². The number of pyridine rings is 1. The molecule has 0 fully saturated rings. The number of benzene rings is 1. The van der Waals surface area contributed by atoms with Gasteiger partial charge in [0.2, 0.25) is 5.91 Å². The van der Waals surface area contributed by atoms with Crippen LogP contribution in [0.2, 0.25) is 0 Å². The van der Waals surface area contributed by atoms with E-state index in [-0.39, 0.29) is 5.91 Å². The van der Waals surface area contributed by atoms with E-state index in [1.54, 1.807) is 25.1 Å². The van der Waals surface area contributed by atoms with Crippen molar-refractivity contribution < 1.29 is 14.3 Å². The first-order valence-electron chi connectivity index (χ1n) is 9.00. The van der Waals surface area contributed by atoms with Gasteiger partial charge in [-0.3, -0.25) is 4.79 Å². The van der Waals surface area contributed by atoms with E-state index in [9.17, 15) is 4.79 Å². The highest BCUT2D eigenvalue weighted by Crippen LogP contribution is 2.28. The molecule has 7 heteroatoms. The molecule has 7 nitrogen and oxygen atoms in total. The average molecular weight is 380 g/mol. The van der Waals surface area contributed by atoms with Crippen LogP contribution in [0.25, 0.3) is 5.82 Å². The number of carbonyl (C=O) groups is 1. The summed E-state index contributed by atoms with van der Waals surface area (Å²) in [4.78, 5) is 16.7. The van der Waals surface area contributed by atoms with Crippen molar-refractivity contribution in [3.8, 4) is 17.3 Å². The van der Waals surface area contributed by atoms with Crippen molar-refractivity contribution in [2.24, 2.45) is 0 Å². The predicted octanol–water partition coefficient (Wildman–Crippen LogP) is 3.47. The van der Waals surface area contributed by atoms with E-state index in [4.69, 9.17) is 9.47 Å². The molecule has 0 saturated heterocycles. The molecule has 0 atom stereocenters. The molecule has 0 aliphatic heterocycles. The number of nitrogens with zero attached hydrogens (tertiary/aromatic N) is 3. The summed E-state index contributed by atoms with van der Waals surface area (Å²) in [5, 5.41) is 7.28. The number of hydrogen-bond donors (Lipinski definition) is 1. The van der Waals surface area contributed by atoms with Gasteiger partial charge in [0.1, 0.15) is 0 Å². The summed E-state index contributed by atoms with van der Waals surface area (Å²) < 4.78 is 12.3. The summed E-state index contributed by atoms with van der Waals surface area (Å²) in [7, 11) is 3.19. The van der Waals surface area contributed by atoms with Gasteiger partial charge in [-0.25, -0.2) is 9.67 Å². The summed E-state index contributed by atoms with van der Waals surface area (Å²) in [6.07, 6.45) is 2.60. The van der Waals surface area contributed by atoms with Crippen LogP contribution >= 0.6 is 0 Å². The smallest absolute Gasteiger partial charge is 0.224 e. The molecule has 1 N–H and O–H groups in total. The minimum Gasteiger partial charge on any atom is -0.493 e. The highest BCUT2D eigenvalue weighted by atomic mass is 16.5. The Morgan fingerprint density at radius 2 is 1.86 bits per heavy atom. The zero-order valence-electron chi connectivity index (χ0n) is 16.5. The number of hydrogen-bond acceptors (Lipinski definition) is 5. The Morgan fingerprint density at radius 1 is 1.07 bits per heavy atom. The molecule has 0 saturated carbocycles. The van der Waals surface area contributed by atoms with Crippen LogP contribution in [-0.4, -0.2) is 34.9 Å². The van der Waals surface area contributed by atoms with Crippen molar-refractivity contribution in [1.82, 2.24) is 14.8 Å². The number of anilines is 1. The molecule has 0 aliphatic carbocycles.